The van der Waals surface area contributed by atoms with Crippen molar-refractivity contribution in [1.29, 1.82) is 0 Å². The van der Waals surface area contributed by atoms with E-state index < -0.39 is 15.9 Å². The molecule has 0 aliphatic carbocycles. The largest absolute Gasteiger partial charge is 0.492 e. The number of sulfonamides is 1. The minimum Gasteiger partial charge on any atom is -0.492 e. The van der Waals surface area contributed by atoms with Crippen molar-refractivity contribution in [3.05, 3.63) is 47.0 Å². The molecule has 0 unspecified atom stereocenters. The second kappa shape index (κ2) is 9.28. The van der Waals surface area contributed by atoms with Crippen molar-refractivity contribution in [1.82, 2.24) is 4.31 Å². The SMILES string of the molecule is CCOc1cc2c(cc1NC(=O)c1cc(S(=O)(=O)N(CC)CC)ccc1C)O[C@H](C)C2. The molecule has 1 atom stereocenters. The van der Waals surface area contributed by atoms with Gasteiger partial charge in [0, 0.05) is 36.7 Å². The number of hydrogen-bond donors (Lipinski definition) is 1. The Hall–Kier alpha value is -2.58. The molecule has 8 heteroatoms. The summed E-state index contributed by atoms with van der Waals surface area (Å²) in [5.74, 6) is 0.888. The van der Waals surface area contributed by atoms with Gasteiger partial charge in [0.1, 0.15) is 17.6 Å². The molecular weight excluding hydrogens is 416 g/mol. The van der Waals surface area contributed by atoms with Gasteiger partial charge in [0.2, 0.25) is 10.0 Å². The fourth-order valence-electron chi connectivity index (χ4n) is 3.72. The Morgan fingerprint density at radius 3 is 2.55 bits per heavy atom. The number of hydrogen-bond acceptors (Lipinski definition) is 5. The van der Waals surface area contributed by atoms with Gasteiger partial charge in [-0.15, -0.1) is 0 Å². The third-order valence-corrected chi connectivity index (χ3v) is 7.39. The standard InChI is InChI=1S/C23H30N2O5S/c1-6-25(7-2)31(27,28)18-10-9-15(4)19(13-18)23(26)24-20-14-21-17(11-16(5)30-21)12-22(20)29-8-3/h9-10,12-14,16H,6-8,11H2,1-5H3,(H,24,26)/t16-/m1/s1. The minimum atomic E-state index is -3.67. The fraction of sp³-hybridized carbons (Fsp3) is 0.435. The molecule has 1 aliphatic rings. The van der Waals surface area contributed by atoms with E-state index in [1.807, 2.05) is 19.9 Å². The Morgan fingerprint density at radius 1 is 1.19 bits per heavy atom. The maximum atomic E-state index is 13.1. The van der Waals surface area contributed by atoms with Crippen molar-refractivity contribution >= 4 is 21.6 Å². The Balaban J connectivity index is 1.95. The smallest absolute Gasteiger partial charge is 0.256 e. The van der Waals surface area contributed by atoms with Crippen LogP contribution in [0.2, 0.25) is 0 Å². The van der Waals surface area contributed by atoms with E-state index in [2.05, 4.69) is 5.32 Å². The van der Waals surface area contributed by atoms with Crippen molar-refractivity contribution in [2.45, 2.75) is 52.0 Å². The third kappa shape index (κ3) is 4.70. The molecule has 0 aromatic heterocycles. The molecule has 3 rings (SSSR count). The molecule has 2 aromatic rings. The molecule has 0 spiro atoms. The quantitative estimate of drug-likeness (QED) is 0.663. The van der Waals surface area contributed by atoms with E-state index in [0.717, 1.165) is 17.7 Å². The van der Waals surface area contributed by atoms with E-state index in [4.69, 9.17) is 9.47 Å². The van der Waals surface area contributed by atoms with Gasteiger partial charge < -0.3 is 14.8 Å². The highest BCUT2D eigenvalue weighted by Crippen LogP contribution is 2.38. The van der Waals surface area contributed by atoms with Gasteiger partial charge in [0.25, 0.3) is 5.91 Å². The number of aryl methyl sites for hydroxylation is 1. The van der Waals surface area contributed by atoms with Crippen LogP contribution in [-0.2, 0) is 16.4 Å². The van der Waals surface area contributed by atoms with Crippen LogP contribution in [0.1, 0.15) is 49.2 Å². The Labute approximate surface area is 184 Å². The number of nitrogens with one attached hydrogen (secondary N) is 1. The van der Waals surface area contributed by atoms with Gasteiger partial charge in [-0.1, -0.05) is 19.9 Å². The van der Waals surface area contributed by atoms with Crippen LogP contribution < -0.4 is 14.8 Å². The first-order valence-corrected chi connectivity index (χ1v) is 12.0. The van der Waals surface area contributed by atoms with Gasteiger partial charge in [0.05, 0.1) is 17.2 Å². The van der Waals surface area contributed by atoms with E-state index >= 15 is 0 Å². The first-order valence-electron chi connectivity index (χ1n) is 10.6. The molecule has 0 fully saturated rings. The van der Waals surface area contributed by atoms with Crippen molar-refractivity contribution < 1.29 is 22.7 Å². The monoisotopic (exact) mass is 446 g/mol. The van der Waals surface area contributed by atoms with Crippen LogP contribution in [-0.4, -0.2) is 44.4 Å². The molecule has 0 saturated heterocycles. The van der Waals surface area contributed by atoms with Crippen LogP contribution >= 0.6 is 0 Å². The van der Waals surface area contributed by atoms with E-state index in [1.54, 1.807) is 32.9 Å². The second-order valence-electron chi connectivity index (χ2n) is 7.54. The zero-order chi connectivity index (χ0) is 22.8. The third-order valence-electron chi connectivity index (χ3n) is 5.34. The summed E-state index contributed by atoms with van der Waals surface area (Å²) in [5.41, 5.74) is 2.51. The number of nitrogens with zero attached hydrogens (tertiary/aromatic N) is 1. The van der Waals surface area contributed by atoms with Crippen molar-refractivity contribution in [3.8, 4) is 11.5 Å². The summed E-state index contributed by atoms with van der Waals surface area (Å²) >= 11 is 0. The van der Waals surface area contributed by atoms with Gasteiger partial charge in [-0.3, -0.25) is 4.79 Å². The molecule has 168 valence electrons. The highest BCUT2D eigenvalue weighted by atomic mass is 32.2. The molecule has 1 aliphatic heterocycles. The van der Waals surface area contributed by atoms with Crippen LogP contribution in [0, 0.1) is 6.92 Å². The first-order chi connectivity index (χ1) is 14.7. The fourth-order valence-corrected chi connectivity index (χ4v) is 5.21. The van der Waals surface area contributed by atoms with Crippen molar-refractivity contribution in [2.75, 3.05) is 25.0 Å². The van der Waals surface area contributed by atoms with Gasteiger partial charge in [-0.2, -0.15) is 4.31 Å². The van der Waals surface area contributed by atoms with Gasteiger partial charge in [-0.25, -0.2) is 8.42 Å². The molecule has 2 aromatic carbocycles. The number of fused-ring (bicyclic) bond motifs is 1. The van der Waals surface area contributed by atoms with Gasteiger partial charge in [-0.05, 0) is 44.5 Å². The highest BCUT2D eigenvalue weighted by molar-refractivity contribution is 7.89. The lowest BCUT2D eigenvalue weighted by atomic mass is 10.1. The van der Waals surface area contributed by atoms with Gasteiger partial charge in [0.15, 0.2) is 0 Å². The number of ether oxygens (including phenoxy) is 2. The van der Waals surface area contributed by atoms with Crippen LogP contribution in [0.5, 0.6) is 11.5 Å². The average molecular weight is 447 g/mol. The lowest BCUT2D eigenvalue weighted by Crippen LogP contribution is -2.30. The molecular formula is C23H30N2O5S. The van der Waals surface area contributed by atoms with Gasteiger partial charge >= 0.3 is 0 Å². The number of amides is 1. The Morgan fingerprint density at radius 2 is 1.90 bits per heavy atom. The molecule has 0 saturated carbocycles. The van der Waals surface area contributed by atoms with E-state index in [-0.39, 0.29) is 11.0 Å². The number of benzene rings is 2. The summed E-state index contributed by atoms with van der Waals surface area (Å²) in [7, 11) is -3.67. The topological polar surface area (TPSA) is 84.9 Å². The summed E-state index contributed by atoms with van der Waals surface area (Å²) in [6.45, 7) is 10.4. The molecule has 31 heavy (non-hydrogen) atoms. The van der Waals surface area contributed by atoms with Crippen LogP contribution in [0.3, 0.4) is 0 Å². The van der Waals surface area contributed by atoms with E-state index in [0.29, 0.717) is 42.3 Å². The van der Waals surface area contributed by atoms with E-state index in [9.17, 15) is 13.2 Å². The summed E-state index contributed by atoms with van der Waals surface area (Å²) in [4.78, 5) is 13.2. The van der Waals surface area contributed by atoms with E-state index in [1.165, 1.54) is 16.4 Å². The predicted molar refractivity (Wildman–Crippen MR) is 121 cm³/mol. The molecule has 0 bridgehead atoms. The molecule has 1 amide bonds. The second-order valence-corrected chi connectivity index (χ2v) is 9.48. The Bertz CT molecular complexity index is 1080. The maximum Gasteiger partial charge on any atom is 0.256 e. The average Bonchev–Trinajstić information content (AvgIpc) is 3.08. The minimum absolute atomic E-state index is 0.0691. The normalized spacial score (nSPS) is 15.5. The first kappa shape index (κ1) is 23.1. The lowest BCUT2D eigenvalue weighted by molar-refractivity contribution is 0.102. The Kier molecular flexibility index (Phi) is 6.91. The zero-order valence-corrected chi connectivity index (χ0v) is 19.5. The number of rotatable bonds is 8. The lowest BCUT2D eigenvalue weighted by Gasteiger charge is -2.19. The molecule has 1 heterocycles. The molecule has 1 N–H and O–H groups in total. The predicted octanol–water partition coefficient (Wildman–Crippen LogP) is 4.00. The van der Waals surface area contributed by atoms with Crippen molar-refractivity contribution in [2.24, 2.45) is 0 Å². The maximum absolute atomic E-state index is 13.1. The summed E-state index contributed by atoms with van der Waals surface area (Å²) in [6.07, 6.45) is 0.855. The number of carbonyl (C=O) groups excluding carboxylic acids is 1. The summed E-state index contributed by atoms with van der Waals surface area (Å²) in [5, 5.41) is 2.88. The molecule has 0 radical (unpaired) electrons. The number of carbonyl (C=O) groups is 1. The van der Waals surface area contributed by atoms with Crippen molar-refractivity contribution in [3.63, 3.8) is 0 Å². The summed E-state index contributed by atoms with van der Waals surface area (Å²) in [6, 6.07) is 8.29. The van der Waals surface area contributed by atoms with Crippen LogP contribution in [0.15, 0.2) is 35.2 Å². The van der Waals surface area contributed by atoms with Crippen LogP contribution in [0.25, 0.3) is 0 Å². The summed E-state index contributed by atoms with van der Waals surface area (Å²) < 4.78 is 38.7. The van der Waals surface area contributed by atoms with Crippen LogP contribution in [0.4, 0.5) is 5.69 Å². The molecule has 7 nitrogen and oxygen atoms in total. The zero-order valence-electron chi connectivity index (χ0n) is 18.7. The highest BCUT2D eigenvalue weighted by Gasteiger charge is 2.25. The number of anilines is 1.